The van der Waals surface area contributed by atoms with Gasteiger partial charge in [0.15, 0.2) is 0 Å². The van der Waals surface area contributed by atoms with E-state index in [9.17, 15) is 10.2 Å². The zero-order valence-corrected chi connectivity index (χ0v) is 20.9. The molecular weight excluding hydrogens is 456 g/mol. The topological polar surface area (TPSA) is 77.4 Å². The van der Waals surface area contributed by atoms with Gasteiger partial charge in [-0.25, -0.2) is 0 Å². The third kappa shape index (κ3) is 7.23. The van der Waals surface area contributed by atoms with Crippen LogP contribution < -0.4 is 0 Å². The Balaban J connectivity index is 1.54. The van der Waals surface area contributed by atoms with Gasteiger partial charge in [-0.2, -0.15) is 0 Å². The van der Waals surface area contributed by atoms with E-state index in [1.165, 1.54) is 0 Å². The maximum Gasteiger partial charge on any atom is 0.115 e. The van der Waals surface area contributed by atoms with Gasteiger partial charge in [-0.1, -0.05) is 91.0 Å². The van der Waals surface area contributed by atoms with Crippen molar-refractivity contribution < 1.29 is 29.2 Å². The molecule has 192 valence electrons. The van der Waals surface area contributed by atoms with E-state index in [0.717, 1.165) is 16.7 Å². The van der Waals surface area contributed by atoms with E-state index >= 15 is 0 Å². The fourth-order valence-electron chi connectivity index (χ4n) is 4.44. The molecule has 0 aliphatic carbocycles. The zero-order chi connectivity index (χ0) is 25.4. The Kier molecular flexibility index (Phi) is 9.26. The second-order valence-corrected chi connectivity index (χ2v) is 9.76. The maximum absolute atomic E-state index is 11.3. The van der Waals surface area contributed by atoms with Gasteiger partial charge in [0, 0.05) is 0 Å². The van der Waals surface area contributed by atoms with Crippen LogP contribution in [0.4, 0.5) is 0 Å². The highest BCUT2D eigenvalue weighted by Crippen LogP contribution is 2.32. The molecule has 0 radical (unpaired) electrons. The second kappa shape index (κ2) is 12.6. The van der Waals surface area contributed by atoms with Crippen molar-refractivity contribution in [1.82, 2.24) is 0 Å². The van der Waals surface area contributed by atoms with Crippen molar-refractivity contribution in [3.63, 3.8) is 0 Å². The molecule has 1 aliphatic rings. The van der Waals surface area contributed by atoms with E-state index in [1.54, 1.807) is 13.8 Å². The minimum Gasteiger partial charge on any atom is -0.388 e. The summed E-state index contributed by atoms with van der Waals surface area (Å²) in [5.74, 6) is 0. The molecule has 0 aromatic heterocycles. The van der Waals surface area contributed by atoms with E-state index in [0.29, 0.717) is 19.8 Å². The van der Waals surface area contributed by atoms with Crippen LogP contribution in [0.1, 0.15) is 30.5 Å². The smallest absolute Gasteiger partial charge is 0.115 e. The summed E-state index contributed by atoms with van der Waals surface area (Å²) in [4.78, 5) is 0. The average molecular weight is 493 g/mol. The highest BCUT2D eigenvalue weighted by atomic mass is 16.6. The molecule has 0 amide bonds. The van der Waals surface area contributed by atoms with Crippen LogP contribution in [0.25, 0.3) is 0 Å². The molecular formula is C30H36O6. The zero-order valence-electron chi connectivity index (χ0n) is 20.9. The molecule has 3 aromatic carbocycles. The van der Waals surface area contributed by atoms with Crippen LogP contribution in [0.5, 0.6) is 0 Å². The van der Waals surface area contributed by atoms with Crippen LogP contribution in [0.2, 0.25) is 0 Å². The molecule has 1 aliphatic heterocycles. The predicted octanol–water partition coefficient (Wildman–Crippen LogP) is 4.27. The molecule has 5 atom stereocenters. The largest absolute Gasteiger partial charge is 0.388 e. The van der Waals surface area contributed by atoms with Gasteiger partial charge >= 0.3 is 0 Å². The summed E-state index contributed by atoms with van der Waals surface area (Å²) in [6.45, 7) is 4.51. The van der Waals surface area contributed by atoms with Crippen molar-refractivity contribution in [1.29, 1.82) is 0 Å². The van der Waals surface area contributed by atoms with Gasteiger partial charge in [-0.15, -0.1) is 0 Å². The SMILES string of the molecule is CC(C)(O)[C@H]1O[C@H](COCc2ccccc2)[C@H](OCc2ccccc2)[C@H](OCc2ccccc2)[C@H]1O. The van der Waals surface area contributed by atoms with Crippen LogP contribution in [0.15, 0.2) is 91.0 Å². The van der Waals surface area contributed by atoms with Gasteiger partial charge in [-0.05, 0) is 30.5 Å². The van der Waals surface area contributed by atoms with Crippen LogP contribution >= 0.6 is 0 Å². The number of aliphatic hydroxyl groups is 2. The van der Waals surface area contributed by atoms with Gasteiger partial charge in [0.05, 0.1) is 32.0 Å². The van der Waals surface area contributed by atoms with Gasteiger partial charge in [0.25, 0.3) is 0 Å². The Labute approximate surface area is 213 Å². The summed E-state index contributed by atoms with van der Waals surface area (Å²) < 4.78 is 24.9. The molecule has 6 nitrogen and oxygen atoms in total. The molecule has 4 rings (SSSR count). The van der Waals surface area contributed by atoms with E-state index in [4.69, 9.17) is 18.9 Å². The minimum atomic E-state index is -1.30. The van der Waals surface area contributed by atoms with Crippen LogP contribution in [0, 0.1) is 0 Å². The van der Waals surface area contributed by atoms with Crippen molar-refractivity contribution in [3.05, 3.63) is 108 Å². The number of hydrogen-bond donors (Lipinski definition) is 2. The number of ether oxygens (including phenoxy) is 4. The first-order chi connectivity index (χ1) is 17.4. The van der Waals surface area contributed by atoms with Crippen molar-refractivity contribution in [2.45, 2.75) is 69.8 Å². The van der Waals surface area contributed by atoms with Crippen molar-refractivity contribution in [3.8, 4) is 0 Å². The highest BCUT2D eigenvalue weighted by molar-refractivity contribution is 5.15. The molecule has 3 aromatic rings. The Morgan fingerprint density at radius 1 is 0.694 bits per heavy atom. The third-order valence-corrected chi connectivity index (χ3v) is 6.32. The van der Waals surface area contributed by atoms with Gasteiger partial charge in [0.2, 0.25) is 0 Å². The van der Waals surface area contributed by atoms with Crippen molar-refractivity contribution in [2.24, 2.45) is 0 Å². The van der Waals surface area contributed by atoms with Gasteiger partial charge < -0.3 is 29.2 Å². The Bertz CT molecular complexity index is 1020. The molecule has 1 fully saturated rings. The first-order valence-corrected chi connectivity index (χ1v) is 12.4. The fourth-order valence-corrected chi connectivity index (χ4v) is 4.44. The lowest BCUT2D eigenvalue weighted by Gasteiger charge is -2.47. The second-order valence-electron chi connectivity index (χ2n) is 9.76. The van der Waals surface area contributed by atoms with E-state index < -0.39 is 36.1 Å². The van der Waals surface area contributed by atoms with E-state index in [1.807, 2.05) is 91.0 Å². The molecule has 0 unspecified atom stereocenters. The molecule has 6 heteroatoms. The predicted molar refractivity (Wildman–Crippen MR) is 137 cm³/mol. The minimum absolute atomic E-state index is 0.221. The maximum atomic E-state index is 11.3. The lowest BCUT2D eigenvalue weighted by atomic mass is 9.86. The summed E-state index contributed by atoms with van der Waals surface area (Å²) >= 11 is 0. The summed E-state index contributed by atoms with van der Waals surface area (Å²) in [5, 5.41) is 22.1. The number of benzene rings is 3. The Morgan fingerprint density at radius 3 is 1.61 bits per heavy atom. The third-order valence-electron chi connectivity index (χ3n) is 6.32. The Morgan fingerprint density at radius 2 is 1.14 bits per heavy atom. The standard InChI is InChI=1S/C30H36O6/c1-30(2,32)29-26(31)28(35-20-24-16-10-5-11-17-24)27(34-19-23-14-8-4-9-15-23)25(36-29)21-33-18-22-12-6-3-7-13-22/h3-17,25-29,31-32H,18-21H2,1-2H3/t25-,26-,27+,28-,29+/m1/s1. The molecule has 2 N–H and O–H groups in total. The molecule has 1 heterocycles. The van der Waals surface area contributed by atoms with Gasteiger partial charge in [-0.3, -0.25) is 0 Å². The number of rotatable bonds is 11. The van der Waals surface area contributed by atoms with Crippen LogP contribution in [0.3, 0.4) is 0 Å². The van der Waals surface area contributed by atoms with E-state index in [2.05, 4.69) is 0 Å². The fraction of sp³-hybridized carbons (Fsp3) is 0.400. The highest BCUT2D eigenvalue weighted by Gasteiger charge is 2.51. The molecule has 0 spiro atoms. The number of hydrogen-bond acceptors (Lipinski definition) is 6. The lowest BCUT2D eigenvalue weighted by Crippen LogP contribution is -2.65. The first kappa shape index (κ1) is 26.5. The van der Waals surface area contributed by atoms with Crippen LogP contribution in [-0.2, 0) is 38.8 Å². The normalized spacial score (nSPS) is 24.5. The van der Waals surface area contributed by atoms with Crippen molar-refractivity contribution in [2.75, 3.05) is 6.61 Å². The molecule has 36 heavy (non-hydrogen) atoms. The summed E-state index contributed by atoms with van der Waals surface area (Å²) in [6, 6.07) is 29.5. The molecule has 0 saturated carbocycles. The van der Waals surface area contributed by atoms with Gasteiger partial charge in [0.1, 0.15) is 30.5 Å². The first-order valence-electron chi connectivity index (χ1n) is 12.4. The summed E-state index contributed by atoms with van der Waals surface area (Å²) in [7, 11) is 0. The number of aliphatic hydroxyl groups excluding tert-OH is 1. The lowest BCUT2D eigenvalue weighted by molar-refractivity contribution is -0.287. The summed E-state index contributed by atoms with van der Waals surface area (Å²) in [6.07, 6.45) is -3.87. The quantitative estimate of drug-likeness (QED) is 0.416. The van der Waals surface area contributed by atoms with Crippen molar-refractivity contribution >= 4 is 0 Å². The monoisotopic (exact) mass is 492 g/mol. The van der Waals surface area contributed by atoms with E-state index in [-0.39, 0.29) is 6.61 Å². The molecule has 0 bridgehead atoms. The van der Waals surface area contributed by atoms with Crippen LogP contribution in [-0.4, -0.2) is 52.9 Å². The summed E-state index contributed by atoms with van der Waals surface area (Å²) in [5.41, 5.74) is 1.73. The molecule has 1 saturated heterocycles. The average Bonchev–Trinajstić information content (AvgIpc) is 2.89. The Hall–Kier alpha value is -2.58.